The highest BCUT2D eigenvalue weighted by atomic mass is 19.4. The van der Waals surface area contributed by atoms with E-state index in [1.54, 1.807) is 4.74 Å². The van der Waals surface area contributed by atoms with Gasteiger partial charge in [0.1, 0.15) is 0 Å². The fourth-order valence-electron chi connectivity index (χ4n) is 0.606. The second kappa shape index (κ2) is 4.59. The summed E-state index contributed by atoms with van der Waals surface area (Å²) < 4.78 is 145. The zero-order valence-corrected chi connectivity index (χ0v) is 8.15. The Hall–Kier alpha value is -0.880. The third kappa shape index (κ3) is 3.17. The monoisotopic (exact) mass is 318 g/mol. The Labute approximate surface area is 95.7 Å². The van der Waals surface area contributed by atoms with Gasteiger partial charge in [-0.05, 0) is 0 Å². The van der Waals surface area contributed by atoms with Gasteiger partial charge in [-0.2, -0.15) is 48.3 Å². The summed E-state index contributed by atoms with van der Waals surface area (Å²) in [5.74, 6) is -13.2. The van der Waals surface area contributed by atoms with Gasteiger partial charge < -0.3 is 0 Å². The van der Waals surface area contributed by atoms with Gasteiger partial charge in [-0.15, -0.1) is 0 Å². The van der Waals surface area contributed by atoms with E-state index in [-0.39, 0.29) is 0 Å². The molecule has 0 unspecified atom stereocenters. The highest BCUT2D eigenvalue weighted by Gasteiger charge is 2.79. The standard InChI is InChI=1S/C6H2F12O/c7-1-2(8,9)6(17,18)19-3(10,4(11,12)13)5(14,15)16/h1H2. The molecule has 0 saturated carbocycles. The SMILES string of the molecule is FCC(F)(F)C(F)(F)OC(F)(C(F)(F)F)C(F)(F)F. The fourth-order valence-corrected chi connectivity index (χ4v) is 0.606. The molecule has 19 heavy (non-hydrogen) atoms. The lowest BCUT2D eigenvalue weighted by atomic mass is 10.2. The van der Waals surface area contributed by atoms with Gasteiger partial charge in [-0.3, -0.25) is 4.74 Å². The summed E-state index contributed by atoms with van der Waals surface area (Å²) in [7, 11) is 0. The summed E-state index contributed by atoms with van der Waals surface area (Å²) in [5, 5.41) is 0. The van der Waals surface area contributed by atoms with Crippen LogP contribution in [-0.4, -0.2) is 36.9 Å². The highest BCUT2D eigenvalue weighted by molar-refractivity contribution is 4.89. The van der Waals surface area contributed by atoms with Crippen LogP contribution in [0.25, 0.3) is 0 Å². The number of alkyl halides is 12. The first-order valence-corrected chi connectivity index (χ1v) is 3.86. The van der Waals surface area contributed by atoms with E-state index in [1.807, 2.05) is 0 Å². The average Bonchev–Trinajstić information content (AvgIpc) is 2.13. The minimum absolute atomic E-state index is 1.57. The molecule has 0 amide bonds. The summed E-state index contributed by atoms with van der Waals surface area (Å²) >= 11 is 0. The zero-order chi connectivity index (χ0) is 15.9. The molecule has 0 rings (SSSR count). The maximum Gasteiger partial charge on any atom is 0.458 e. The van der Waals surface area contributed by atoms with E-state index < -0.39 is 36.9 Å². The molecule has 0 spiro atoms. The number of ether oxygens (including phenoxy) is 1. The summed E-state index contributed by atoms with van der Waals surface area (Å²) in [6, 6.07) is 0. The van der Waals surface area contributed by atoms with Crippen molar-refractivity contribution in [1.29, 1.82) is 0 Å². The molecular formula is C6H2F12O. The lowest BCUT2D eigenvalue weighted by Gasteiger charge is -2.34. The number of rotatable bonds is 4. The van der Waals surface area contributed by atoms with Crippen LogP contribution in [0.2, 0.25) is 0 Å². The summed E-state index contributed by atoms with van der Waals surface area (Å²) in [6.45, 7) is -3.37. The molecule has 0 aliphatic rings. The van der Waals surface area contributed by atoms with Crippen LogP contribution in [0.5, 0.6) is 0 Å². The van der Waals surface area contributed by atoms with Crippen LogP contribution in [-0.2, 0) is 4.74 Å². The maximum absolute atomic E-state index is 12.6. The Morgan fingerprint density at radius 1 is 0.632 bits per heavy atom. The summed E-state index contributed by atoms with van der Waals surface area (Å²) in [4.78, 5) is 0. The van der Waals surface area contributed by atoms with Crippen LogP contribution in [0.4, 0.5) is 52.7 Å². The molecule has 1 nitrogen and oxygen atoms in total. The normalized spacial score (nSPS) is 15.8. The Kier molecular flexibility index (Phi) is 4.38. The molecule has 0 aliphatic heterocycles. The van der Waals surface area contributed by atoms with E-state index in [2.05, 4.69) is 0 Å². The Balaban J connectivity index is 5.64. The van der Waals surface area contributed by atoms with E-state index in [4.69, 9.17) is 0 Å². The van der Waals surface area contributed by atoms with Crippen molar-refractivity contribution in [3.05, 3.63) is 0 Å². The van der Waals surface area contributed by atoms with Crippen LogP contribution in [0.15, 0.2) is 0 Å². The largest absolute Gasteiger partial charge is 0.458 e. The van der Waals surface area contributed by atoms with Crippen LogP contribution in [0, 0.1) is 0 Å². The molecule has 0 fully saturated rings. The smallest absolute Gasteiger partial charge is 0.262 e. The first kappa shape index (κ1) is 18.1. The fraction of sp³-hybridized carbons (Fsp3) is 1.00. The molecule has 116 valence electrons. The van der Waals surface area contributed by atoms with E-state index in [0.717, 1.165) is 0 Å². The maximum atomic E-state index is 12.6. The first-order valence-electron chi connectivity index (χ1n) is 3.86. The van der Waals surface area contributed by atoms with Crippen molar-refractivity contribution < 1.29 is 57.4 Å². The van der Waals surface area contributed by atoms with Crippen molar-refractivity contribution in [2.45, 2.75) is 30.2 Å². The van der Waals surface area contributed by atoms with Crippen LogP contribution in [0.1, 0.15) is 0 Å². The molecule has 0 aliphatic carbocycles. The van der Waals surface area contributed by atoms with Crippen molar-refractivity contribution in [2.75, 3.05) is 6.67 Å². The van der Waals surface area contributed by atoms with Crippen molar-refractivity contribution in [3.63, 3.8) is 0 Å². The van der Waals surface area contributed by atoms with Crippen molar-refractivity contribution in [1.82, 2.24) is 0 Å². The average molecular weight is 318 g/mol. The minimum atomic E-state index is -7.14. The zero-order valence-electron chi connectivity index (χ0n) is 8.15. The van der Waals surface area contributed by atoms with Gasteiger partial charge in [-0.1, -0.05) is 0 Å². The van der Waals surface area contributed by atoms with Gasteiger partial charge in [0.05, 0.1) is 0 Å². The molecule has 0 aromatic heterocycles. The third-order valence-electron chi connectivity index (χ3n) is 1.59. The van der Waals surface area contributed by atoms with Crippen molar-refractivity contribution in [3.8, 4) is 0 Å². The third-order valence-corrected chi connectivity index (χ3v) is 1.59. The van der Waals surface area contributed by atoms with Gasteiger partial charge in [0.25, 0.3) is 0 Å². The molecule has 13 heteroatoms. The lowest BCUT2D eigenvalue weighted by Crippen LogP contribution is -2.61. The molecule has 0 radical (unpaired) electrons. The highest BCUT2D eigenvalue weighted by Crippen LogP contribution is 2.51. The first-order chi connectivity index (χ1) is 8.02. The number of hydrogen-bond donors (Lipinski definition) is 0. The van der Waals surface area contributed by atoms with Gasteiger partial charge in [0.2, 0.25) is 0 Å². The van der Waals surface area contributed by atoms with Crippen LogP contribution in [0.3, 0.4) is 0 Å². The predicted molar refractivity (Wildman–Crippen MR) is 32.9 cm³/mol. The second-order valence-electron chi connectivity index (χ2n) is 3.05. The van der Waals surface area contributed by atoms with E-state index >= 15 is 0 Å². The van der Waals surface area contributed by atoms with Crippen molar-refractivity contribution >= 4 is 0 Å². The van der Waals surface area contributed by atoms with E-state index in [1.165, 1.54) is 0 Å². The van der Waals surface area contributed by atoms with Crippen LogP contribution < -0.4 is 0 Å². The van der Waals surface area contributed by atoms with Gasteiger partial charge in [0, 0.05) is 0 Å². The number of halogens is 12. The molecule has 0 heterocycles. The van der Waals surface area contributed by atoms with Gasteiger partial charge in [0.15, 0.2) is 6.67 Å². The molecule has 0 N–H and O–H groups in total. The molecule has 0 aromatic carbocycles. The minimum Gasteiger partial charge on any atom is -0.262 e. The predicted octanol–water partition coefficient (Wildman–Crippen LogP) is 3.99. The lowest BCUT2D eigenvalue weighted by molar-refractivity contribution is -0.503. The molecule has 0 saturated heterocycles. The Morgan fingerprint density at radius 3 is 1.16 bits per heavy atom. The Morgan fingerprint density at radius 2 is 0.947 bits per heavy atom. The molecular weight excluding hydrogens is 316 g/mol. The molecule has 0 bridgehead atoms. The topological polar surface area (TPSA) is 9.23 Å². The second-order valence-corrected chi connectivity index (χ2v) is 3.05. The van der Waals surface area contributed by atoms with E-state index in [0.29, 0.717) is 0 Å². The van der Waals surface area contributed by atoms with Gasteiger partial charge >= 0.3 is 30.2 Å². The van der Waals surface area contributed by atoms with E-state index in [9.17, 15) is 52.7 Å². The quantitative estimate of drug-likeness (QED) is 0.712. The van der Waals surface area contributed by atoms with Crippen molar-refractivity contribution in [2.24, 2.45) is 0 Å². The number of hydrogen-bond acceptors (Lipinski definition) is 1. The van der Waals surface area contributed by atoms with Gasteiger partial charge in [-0.25, -0.2) is 4.39 Å². The Bertz CT molecular complexity index is 299. The molecule has 0 aromatic rings. The van der Waals surface area contributed by atoms with Crippen LogP contribution >= 0.6 is 0 Å². The molecule has 0 atom stereocenters. The summed E-state index contributed by atoms with van der Waals surface area (Å²) in [5.41, 5.74) is 0. The summed E-state index contributed by atoms with van der Waals surface area (Å²) in [6.07, 6.45) is -21.0.